The van der Waals surface area contributed by atoms with Crippen molar-refractivity contribution in [2.24, 2.45) is 23.3 Å². The predicted octanol–water partition coefficient (Wildman–Crippen LogP) is -1.77. The van der Waals surface area contributed by atoms with Gasteiger partial charge in [0.2, 0.25) is 41.4 Å². The van der Waals surface area contributed by atoms with Crippen molar-refractivity contribution >= 4 is 41.4 Å². The average Bonchev–Trinajstić information content (AvgIpc) is 4.03. The number of benzene rings is 1. The number of phenolic OH excluding ortho intramolecular Hbond substituents is 1. The zero-order valence-electron chi connectivity index (χ0n) is 44.3. The lowest BCUT2D eigenvalue weighted by atomic mass is 9.91. The van der Waals surface area contributed by atoms with Gasteiger partial charge in [-0.1, -0.05) is 77.8 Å². The molecular weight excluding hydrogens is 973 g/mol. The zero-order chi connectivity index (χ0) is 55.4. The van der Waals surface area contributed by atoms with E-state index < -0.39 is 127 Å². The van der Waals surface area contributed by atoms with Gasteiger partial charge in [0.25, 0.3) is 0 Å². The molecule has 7 amide bonds. The molecule has 0 saturated carbocycles. The van der Waals surface area contributed by atoms with Gasteiger partial charge in [0, 0.05) is 51.9 Å². The fourth-order valence-corrected chi connectivity index (χ4v) is 10.2. The molecule has 3 aliphatic rings. The highest BCUT2D eigenvalue weighted by molar-refractivity contribution is 5.98. The molecule has 23 nitrogen and oxygen atoms in total. The molecule has 0 aliphatic carbocycles. The normalized spacial score (nSPS) is 27.6. The smallest absolute Gasteiger partial charge is 0.248 e. The maximum Gasteiger partial charge on any atom is 0.248 e. The molecule has 3 saturated heterocycles. The second kappa shape index (κ2) is 31.3. The highest BCUT2D eigenvalue weighted by atomic mass is 16.3. The molecule has 1 aromatic rings. The van der Waals surface area contributed by atoms with Gasteiger partial charge in [-0.25, -0.2) is 0 Å². The lowest BCUT2D eigenvalue weighted by Crippen LogP contribution is -2.64. The third-order valence-electron chi connectivity index (χ3n) is 14.7. The van der Waals surface area contributed by atoms with Gasteiger partial charge in [0.1, 0.15) is 48.2 Å². The first-order valence-electron chi connectivity index (χ1n) is 27.1. The third kappa shape index (κ3) is 19.2. The van der Waals surface area contributed by atoms with Crippen LogP contribution in [-0.2, 0) is 40.0 Å². The van der Waals surface area contributed by atoms with E-state index in [1.54, 1.807) is 0 Å². The first kappa shape index (κ1) is 62.5. The molecule has 424 valence electrons. The largest absolute Gasteiger partial charge is 0.508 e. The summed E-state index contributed by atoms with van der Waals surface area (Å²) in [7, 11) is 0. The van der Waals surface area contributed by atoms with Crippen molar-refractivity contribution in [2.75, 3.05) is 32.7 Å². The first-order chi connectivity index (χ1) is 35.7. The lowest BCUT2D eigenvalue weighted by Gasteiger charge is -2.34. The summed E-state index contributed by atoms with van der Waals surface area (Å²) >= 11 is 0. The predicted molar refractivity (Wildman–Crippen MR) is 278 cm³/mol. The molecule has 4 rings (SSSR count). The van der Waals surface area contributed by atoms with E-state index in [4.69, 9.17) is 11.5 Å². The minimum atomic E-state index is -1.90. The summed E-state index contributed by atoms with van der Waals surface area (Å²) in [5, 5.41) is 82.5. The van der Waals surface area contributed by atoms with Gasteiger partial charge in [0.15, 0.2) is 0 Å². The minimum Gasteiger partial charge on any atom is -0.508 e. The van der Waals surface area contributed by atoms with Gasteiger partial charge < -0.3 is 78.5 Å². The summed E-state index contributed by atoms with van der Waals surface area (Å²) < 4.78 is 0. The maximum atomic E-state index is 14.5. The molecule has 0 bridgehead atoms. The number of nitrogens with zero attached hydrogens (tertiary/aromatic N) is 2. The molecule has 3 heterocycles. The fraction of sp³-hybridized carbons (Fsp3) is 0.750. The van der Waals surface area contributed by atoms with Crippen molar-refractivity contribution in [3.05, 3.63) is 29.8 Å². The Morgan fingerprint density at radius 3 is 2.00 bits per heavy atom. The van der Waals surface area contributed by atoms with Crippen molar-refractivity contribution < 1.29 is 64.2 Å². The van der Waals surface area contributed by atoms with Crippen molar-refractivity contribution in [1.82, 2.24) is 41.7 Å². The average molecular weight is 1060 g/mol. The van der Waals surface area contributed by atoms with Gasteiger partial charge in [-0.15, -0.1) is 0 Å². The molecule has 3 fully saturated rings. The second-order valence-corrected chi connectivity index (χ2v) is 21.0. The number of amides is 7. The van der Waals surface area contributed by atoms with Gasteiger partial charge in [-0.3, -0.25) is 38.9 Å². The van der Waals surface area contributed by atoms with Crippen molar-refractivity contribution in [1.29, 1.82) is 0 Å². The molecule has 3 aliphatic heterocycles. The van der Waals surface area contributed by atoms with E-state index >= 15 is 0 Å². The van der Waals surface area contributed by atoms with Gasteiger partial charge >= 0.3 is 0 Å². The van der Waals surface area contributed by atoms with Gasteiger partial charge in [0.05, 0.1) is 30.5 Å². The van der Waals surface area contributed by atoms with Crippen LogP contribution in [0.15, 0.2) is 24.3 Å². The van der Waals surface area contributed by atoms with Crippen LogP contribution in [0.3, 0.4) is 0 Å². The second-order valence-electron chi connectivity index (χ2n) is 21.0. The van der Waals surface area contributed by atoms with E-state index in [2.05, 4.69) is 52.7 Å². The highest BCUT2D eigenvalue weighted by Gasteiger charge is 2.47. The Morgan fingerprint density at radius 1 is 0.720 bits per heavy atom. The molecule has 6 unspecified atom stereocenters. The Hall–Kier alpha value is -5.01. The summed E-state index contributed by atoms with van der Waals surface area (Å²) in [4.78, 5) is 102. The van der Waals surface area contributed by atoms with E-state index in [-0.39, 0.29) is 64.0 Å². The number of nitrogens with one attached hydrogen (secondary N) is 6. The number of aromatic hydroxyl groups is 1. The number of hydrogen-bond acceptors (Lipinski definition) is 16. The monoisotopic (exact) mass is 1060 g/mol. The van der Waals surface area contributed by atoms with Crippen LogP contribution in [0.1, 0.15) is 130 Å². The van der Waals surface area contributed by atoms with Crippen LogP contribution in [0, 0.1) is 11.8 Å². The van der Waals surface area contributed by atoms with E-state index in [0.29, 0.717) is 30.2 Å². The Labute approximate surface area is 441 Å². The van der Waals surface area contributed by atoms with Gasteiger partial charge in [-0.2, -0.15) is 0 Å². The molecule has 75 heavy (non-hydrogen) atoms. The van der Waals surface area contributed by atoms with Crippen LogP contribution >= 0.6 is 0 Å². The summed E-state index contributed by atoms with van der Waals surface area (Å²) in [6, 6.07) is -4.21. The number of unbranched alkanes of at least 4 members (excludes halogenated alkanes) is 5. The summed E-state index contributed by atoms with van der Waals surface area (Å²) in [6.45, 7) is 7.45. The van der Waals surface area contributed by atoms with Crippen LogP contribution in [0.25, 0.3) is 0 Å². The van der Waals surface area contributed by atoms with E-state index in [0.717, 1.165) is 41.9 Å². The van der Waals surface area contributed by atoms with E-state index in [1.807, 2.05) is 0 Å². The van der Waals surface area contributed by atoms with E-state index in [9.17, 15) is 64.2 Å². The Morgan fingerprint density at radius 2 is 1.35 bits per heavy atom. The number of aliphatic hydroxyl groups excluding tert-OH is 5. The number of rotatable bonds is 23. The standard InChI is InChI=1S/C52H88N10O13/c1-5-30(2)25-31(3)13-10-8-6-7-9-11-15-42(69)56-36-28-41(68)46(55-23-22-54)60-48(71)37-14-12-24-61(37)52(75)45(39(66)20-21-53)59-50(73)44(40(67)26-33-16-18-34(64)19-17-33)58-49(72)38-27-35(65)29-62(38)51(74)43(32(4)63)57-47(36)70/h16-19,30-32,35-41,43-46,55,63-68H,5-15,20-29,53-54H2,1-4H3,(H,56,69)(H,57,70)(H,58,72)(H,59,73)(H,60,71)/t30?,31?,32-,35-,36?,37+,38?,39-,40-,41-,43?,44+,45?,46+/m1/s1. The van der Waals surface area contributed by atoms with Crippen molar-refractivity contribution in [2.45, 2.75) is 203 Å². The molecular formula is C52H88N10O13. The quantitative estimate of drug-likeness (QED) is 0.0539. The summed E-state index contributed by atoms with van der Waals surface area (Å²) in [6.07, 6.45) is -1.42. The summed E-state index contributed by atoms with van der Waals surface area (Å²) in [5.41, 5.74) is 12.0. The summed E-state index contributed by atoms with van der Waals surface area (Å²) in [5.74, 6) is -5.18. The van der Waals surface area contributed by atoms with Crippen LogP contribution in [0.2, 0.25) is 0 Å². The van der Waals surface area contributed by atoms with Crippen molar-refractivity contribution in [3.63, 3.8) is 0 Å². The Balaban J connectivity index is 1.69. The molecule has 1 aromatic carbocycles. The molecule has 16 N–H and O–H groups in total. The van der Waals surface area contributed by atoms with Gasteiger partial charge in [-0.05, 0) is 75.1 Å². The topological polar surface area (TPSA) is 372 Å². The van der Waals surface area contributed by atoms with E-state index in [1.165, 1.54) is 50.5 Å². The number of aliphatic hydroxyl groups is 5. The SMILES string of the molecule is CCC(C)CC(C)CCCCCCCCC(=O)NC1C[C@@H](O)[C@@H](NCCN)NC(=O)[C@@H]2CCCN2C(=O)C([C@H](O)CCN)NC(=O)[C@H]([C@H](O)Cc2ccc(O)cc2)NC(=O)C2C[C@@H](O)CN2C(=O)C([C@@H](C)O)NC1=O. The Bertz CT molecular complexity index is 2000. The minimum absolute atomic E-state index is 0.00385. The number of carbonyl (C=O) groups is 7. The van der Waals surface area contributed by atoms with Crippen LogP contribution in [0.4, 0.5) is 0 Å². The maximum absolute atomic E-state index is 14.5. The molecule has 23 heteroatoms. The third-order valence-corrected chi connectivity index (χ3v) is 14.7. The number of carbonyl (C=O) groups excluding carboxylic acids is 7. The fourth-order valence-electron chi connectivity index (χ4n) is 10.2. The Kier molecular flexibility index (Phi) is 26.1. The molecule has 0 radical (unpaired) electrons. The lowest BCUT2D eigenvalue weighted by molar-refractivity contribution is -0.146. The number of fused-ring (bicyclic) bond motifs is 2. The highest BCUT2D eigenvalue weighted by Crippen LogP contribution is 2.25. The first-order valence-corrected chi connectivity index (χ1v) is 27.1. The molecule has 0 spiro atoms. The molecule has 0 aromatic heterocycles. The van der Waals surface area contributed by atoms with Crippen molar-refractivity contribution in [3.8, 4) is 5.75 Å². The number of phenols is 1. The molecule has 14 atom stereocenters. The zero-order valence-corrected chi connectivity index (χ0v) is 44.3. The van der Waals surface area contributed by atoms with Crippen LogP contribution in [0.5, 0.6) is 5.75 Å². The van der Waals surface area contributed by atoms with Crippen LogP contribution in [-0.4, -0.2) is 187 Å². The van der Waals surface area contributed by atoms with Crippen LogP contribution < -0.4 is 43.4 Å². The number of hydrogen-bond donors (Lipinski definition) is 14. The number of nitrogens with two attached hydrogens (primary N) is 2.